The third-order valence-corrected chi connectivity index (χ3v) is 3.99. The van der Waals surface area contributed by atoms with Gasteiger partial charge in [0.2, 0.25) is 5.89 Å². The largest absolute Gasteiger partial charge is 0.494 e. The zero-order valence-corrected chi connectivity index (χ0v) is 16.0. The van der Waals surface area contributed by atoms with Gasteiger partial charge in [0.15, 0.2) is 0 Å². The smallest absolute Gasteiger partial charge is 0.309 e. The Morgan fingerprint density at radius 1 is 1.00 bits per heavy atom. The zero-order valence-electron chi connectivity index (χ0n) is 16.0. The molecule has 3 rings (SSSR count). The van der Waals surface area contributed by atoms with Gasteiger partial charge in [-0.05, 0) is 50.2 Å². The highest BCUT2D eigenvalue weighted by atomic mass is 16.5. The molecule has 0 aliphatic heterocycles. The average molecular weight is 381 g/mol. The van der Waals surface area contributed by atoms with Gasteiger partial charge in [0.1, 0.15) is 29.6 Å². The van der Waals surface area contributed by atoms with Gasteiger partial charge in [-0.25, -0.2) is 4.98 Å². The van der Waals surface area contributed by atoms with Crippen molar-refractivity contribution < 1.29 is 23.4 Å². The third-order valence-electron chi connectivity index (χ3n) is 3.99. The van der Waals surface area contributed by atoms with Crippen molar-refractivity contribution in [1.29, 1.82) is 0 Å². The zero-order chi connectivity index (χ0) is 19.8. The monoisotopic (exact) mass is 381 g/mol. The number of carbonyl (C=O) groups is 1. The van der Waals surface area contributed by atoms with Crippen LogP contribution in [0.3, 0.4) is 0 Å². The van der Waals surface area contributed by atoms with Crippen molar-refractivity contribution in [2.45, 2.75) is 26.9 Å². The Morgan fingerprint density at radius 2 is 1.68 bits per heavy atom. The molecule has 0 saturated heterocycles. The highest BCUT2D eigenvalue weighted by Gasteiger charge is 2.13. The van der Waals surface area contributed by atoms with E-state index in [2.05, 4.69) is 4.98 Å². The second kappa shape index (κ2) is 9.60. The molecule has 0 bridgehead atoms. The molecule has 0 aliphatic carbocycles. The maximum absolute atomic E-state index is 12.0. The Morgan fingerprint density at radius 3 is 2.36 bits per heavy atom. The van der Waals surface area contributed by atoms with Crippen LogP contribution < -0.4 is 9.47 Å². The highest BCUT2D eigenvalue weighted by molar-refractivity contribution is 5.69. The molecule has 2 aromatic carbocycles. The molecule has 28 heavy (non-hydrogen) atoms. The number of esters is 1. The predicted molar refractivity (Wildman–Crippen MR) is 104 cm³/mol. The number of hydrogen-bond donors (Lipinski definition) is 0. The molecule has 1 heterocycles. The summed E-state index contributed by atoms with van der Waals surface area (Å²) in [4.78, 5) is 16.4. The van der Waals surface area contributed by atoms with Crippen molar-refractivity contribution in [3.63, 3.8) is 0 Å². The maximum Gasteiger partial charge on any atom is 0.309 e. The van der Waals surface area contributed by atoms with Crippen LogP contribution in [0.5, 0.6) is 11.5 Å². The summed E-state index contributed by atoms with van der Waals surface area (Å²) in [7, 11) is 0. The fourth-order valence-corrected chi connectivity index (χ4v) is 2.54. The topological polar surface area (TPSA) is 70.8 Å². The minimum atomic E-state index is -0.352. The summed E-state index contributed by atoms with van der Waals surface area (Å²) < 4.78 is 21.9. The Kier molecular flexibility index (Phi) is 6.68. The van der Waals surface area contributed by atoms with E-state index < -0.39 is 0 Å². The molecule has 0 spiro atoms. The van der Waals surface area contributed by atoms with Crippen LogP contribution in [0.1, 0.15) is 24.8 Å². The Balaban J connectivity index is 1.44. The molecule has 6 nitrogen and oxygen atoms in total. The first kappa shape index (κ1) is 19.5. The SMILES string of the molecule is CCOc1ccc(OCCC(=O)OCc2nc(-c3ccccc3)oc2C)cc1. The van der Waals surface area contributed by atoms with Gasteiger partial charge >= 0.3 is 5.97 Å². The van der Waals surface area contributed by atoms with Crippen LogP contribution in [0.15, 0.2) is 59.0 Å². The van der Waals surface area contributed by atoms with Crippen molar-refractivity contribution in [1.82, 2.24) is 4.98 Å². The molecule has 0 radical (unpaired) electrons. The van der Waals surface area contributed by atoms with E-state index in [1.807, 2.05) is 49.4 Å². The predicted octanol–water partition coefficient (Wildman–Crippen LogP) is 4.56. The average Bonchev–Trinajstić information content (AvgIpc) is 3.09. The number of aromatic nitrogens is 1. The van der Waals surface area contributed by atoms with E-state index >= 15 is 0 Å². The Bertz CT molecular complexity index is 887. The van der Waals surface area contributed by atoms with E-state index in [1.54, 1.807) is 19.1 Å². The first-order chi connectivity index (χ1) is 13.7. The number of benzene rings is 2. The fraction of sp³-hybridized carbons (Fsp3) is 0.273. The summed E-state index contributed by atoms with van der Waals surface area (Å²) in [5.74, 6) is 2.26. The lowest BCUT2D eigenvalue weighted by Gasteiger charge is -2.07. The first-order valence-electron chi connectivity index (χ1n) is 9.18. The van der Waals surface area contributed by atoms with Gasteiger partial charge in [-0.3, -0.25) is 4.79 Å². The maximum atomic E-state index is 12.0. The summed E-state index contributed by atoms with van der Waals surface area (Å²) >= 11 is 0. The molecule has 146 valence electrons. The molecule has 0 fully saturated rings. The van der Waals surface area contributed by atoms with Crippen molar-refractivity contribution in [2.75, 3.05) is 13.2 Å². The standard InChI is InChI=1S/C22H23NO5/c1-3-25-18-9-11-19(12-10-18)26-14-13-21(24)27-15-20-16(2)28-22(23-20)17-7-5-4-6-8-17/h4-12H,3,13-15H2,1-2H3. The molecule has 6 heteroatoms. The van der Waals surface area contributed by atoms with Crippen LogP contribution >= 0.6 is 0 Å². The summed E-state index contributed by atoms with van der Waals surface area (Å²) in [5.41, 5.74) is 1.49. The van der Waals surface area contributed by atoms with Gasteiger partial charge in [0, 0.05) is 5.56 Å². The number of ether oxygens (including phenoxy) is 3. The molecular weight excluding hydrogens is 358 g/mol. The number of aryl methyl sites for hydroxylation is 1. The second-order valence-corrected chi connectivity index (χ2v) is 6.05. The van der Waals surface area contributed by atoms with Crippen LogP contribution in [-0.2, 0) is 16.1 Å². The fourth-order valence-electron chi connectivity index (χ4n) is 2.54. The van der Waals surface area contributed by atoms with E-state index in [9.17, 15) is 4.79 Å². The van der Waals surface area contributed by atoms with Crippen LogP contribution in [0.4, 0.5) is 0 Å². The molecule has 0 N–H and O–H groups in total. The van der Waals surface area contributed by atoms with Crippen LogP contribution in [0.2, 0.25) is 0 Å². The van der Waals surface area contributed by atoms with Crippen LogP contribution in [0.25, 0.3) is 11.5 Å². The number of rotatable bonds is 9. The van der Waals surface area contributed by atoms with E-state index in [1.165, 1.54) is 0 Å². The lowest BCUT2D eigenvalue weighted by molar-refractivity contribution is -0.145. The first-order valence-corrected chi connectivity index (χ1v) is 9.18. The van der Waals surface area contributed by atoms with Gasteiger partial charge in [-0.2, -0.15) is 0 Å². The van der Waals surface area contributed by atoms with Crippen molar-refractivity contribution in [2.24, 2.45) is 0 Å². The van der Waals surface area contributed by atoms with Gasteiger partial charge in [-0.1, -0.05) is 18.2 Å². The van der Waals surface area contributed by atoms with Gasteiger partial charge in [0.25, 0.3) is 0 Å². The molecule has 0 amide bonds. The molecular formula is C22H23NO5. The van der Waals surface area contributed by atoms with Crippen molar-refractivity contribution in [3.8, 4) is 23.0 Å². The summed E-state index contributed by atoms with van der Waals surface area (Å²) in [5, 5.41) is 0. The summed E-state index contributed by atoms with van der Waals surface area (Å²) in [6.45, 7) is 4.66. The molecule has 0 unspecified atom stereocenters. The molecule has 3 aromatic rings. The number of nitrogens with zero attached hydrogens (tertiary/aromatic N) is 1. The molecule has 0 aliphatic rings. The Hall–Kier alpha value is -3.28. The quantitative estimate of drug-likeness (QED) is 0.506. The van der Waals surface area contributed by atoms with Crippen molar-refractivity contribution in [3.05, 3.63) is 66.1 Å². The lowest BCUT2D eigenvalue weighted by Crippen LogP contribution is -2.10. The van der Waals surface area contributed by atoms with E-state index in [4.69, 9.17) is 18.6 Å². The van der Waals surface area contributed by atoms with E-state index in [-0.39, 0.29) is 25.6 Å². The summed E-state index contributed by atoms with van der Waals surface area (Å²) in [6.07, 6.45) is 0.148. The summed E-state index contributed by atoms with van der Waals surface area (Å²) in [6, 6.07) is 16.9. The van der Waals surface area contributed by atoms with Gasteiger partial charge in [0.05, 0.1) is 19.6 Å². The second-order valence-electron chi connectivity index (χ2n) is 6.05. The van der Waals surface area contributed by atoms with E-state index in [0.717, 1.165) is 11.3 Å². The highest BCUT2D eigenvalue weighted by Crippen LogP contribution is 2.22. The number of carbonyl (C=O) groups excluding carboxylic acids is 1. The van der Waals surface area contributed by atoms with E-state index in [0.29, 0.717) is 29.7 Å². The minimum Gasteiger partial charge on any atom is -0.494 e. The van der Waals surface area contributed by atoms with Gasteiger partial charge < -0.3 is 18.6 Å². The van der Waals surface area contributed by atoms with Crippen LogP contribution in [0, 0.1) is 6.92 Å². The van der Waals surface area contributed by atoms with Gasteiger partial charge in [-0.15, -0.1) is 0 Å². The minimum absolute atomic E-state index is 0.0735. The molecule has 1 aromatic heterocycles. The number of oxazole rings is 1. The lowest BCUT2D eigenvalue weighted by atomic mass is 10.2. The Labute approximate surface area is 164 Å². The normalized spacial score (nSPS) is 10.5. The molecule has 0 atom stereocenters. The number of hydrogen-bond acceptors (Lipinski definition) is 6. The van der Waals surface area contributed by atoms with Crippen molar-refractivity contribution >= 4 is 5.97 Å². The third kappa shape index (κ3) is 5.36. The van der Waals surface area contributed by atoms with Crippen LogP contribution in [-0.4, -0.2) is 24.2 Å². The molecule has 0 saturated carbocycles.